The Bertz CT molecular complexity index is 219. The van der Waals surface area contributed by atoms with E-state index in [1.165, 1.54) is 18.5 Å². The van der Waals surface area contributed by atoms with Gasteiger partial charge in [-0.1, -0.05) is 18.2 Å². The van der Waals surface area contributed by atoms with E-state index in [-0.39, 0.29) is 12.4 Å². The molecule has 0 bridgehead atoms. The molecule has 2 rings (SSSR count). The first-order chi connectivity index (χ1) is 5.45. The van der Waals surface area contributed by atoms with Crippen LogP contribution in [0, 0.1) is 5.92 Å². The molecule has 2 heteroatoms. The van der Waals surface area contributed by atoms with E-state index < -0.39 is 0 Å². The Morgan fingerprint density at radius 1 is 1.17 bits per heavy atom. The van der Waals surface area contributed by atoms with Gasteiger partial charge in [-0.25, -0.2) is 0 Å². The van der Waals surface area contributed by atoms with Crippen molar-refractivity contribution >= 4 is 18.1 Å². The molecular formula is C10H14ClN. The first-order valence-electron chi connectivity index (χ1n) is 4.24. The molecule has 66 valence electrons. The van der Waals surface area contributed by atoms with E-state index >= 15 is 0 Å². The number of rotatable bonds is 3. The molecule has 0 aromatic heterocycles. The molecule has 1 aliphatic carbocycles. The van der Waals surface area contributed by atoms with Gasteiger partial charge < -0.3 is 5.32 Å². The Kier molecular flexibility index (Phi) is 3.42. The lowest BCUT2D eigenvalue weighted by Crippen LogP contribution is -2.02. The van der Waals surface area contributed by atoms with E-state index in [9.17, 15) is 0 Å². The van der Waals surface area contributed by atoms with Crippen molar-refractivity contribution in [1.29, 1.82) is 0 Å². The molecule has 1 aromatic rings. The maximum absolute atomic E-state index is 3.41. The summed E-state index contributed by atoms with van der Waals surface area (Å²) in [5.74, 6) is 0.954. The van der Waals surface area contributed by atoms with Gasteiger partial charge in [0.25, 0.3) is 0 Å². The van der Waals surface area contributed by atoms with Gasteiger partial charge in [-0.05, 0) is 30.9 Å². The lowest BCUT2D eigenvalue weighted by atomic mass is 10.3. The summed E-state index contributed by atoms with van der Waals surface area (Å²) < 4.78 is 0. The molecule has 1 aromatic carbocycles. The third-order valence-corrected chi connectivity index (χ3v) is 2.07. The van der Waals surface area contributed by atoms with Crippen LogP contribution in [-0.2, 0) is 0 Å². The van der Waals surface area contributed by atoms with E-state index in [4.69, 9.17) is 0 Å². The van der Waals surface area contributed by atoms with Crippen molar-refractivity contribution in [3.63, 3.8) is 0 Å². The van der Waals surface area contributed by atoms with Gasteiger partial charge in [-0.2, -0.15) is 0 Å². The Hall–Kier alpha value is -0.690. The van der Waals surface area contributed by atoms with Gasteiger partial charge in [-0.3, -0.25) is 0 Å². The molecule has 0 spiro atoms. The van der Waals surface area contributed by atoms with Crippen molar-refractivity contribution in [2.75, 3.05) is 11.9 Å². The second-order valence-electron chi connectivity index (χ2n) is 3.19. The van der Waals surface area contributed by atoms with E-state index in [1.807, 2.05) is 6.07 Å². The Morgan fingerprint density at radius 2 is 1.83 bits per heavy atom. The molecule has 1 fully saturated rings. The van der Waals surface area contributed by atoms with Crippen LogP contribution in [0.25, 0.3) is 0 Å². The van der Waals surface area contributed by atoms with Crippen LogP contribution in [0.4, 0.5) is 5.69 Å². The van der Waals surface area contributed by atoms with Gasteiger partial charge in [0.15, 0.2) is 0 Å². The van der Waals surface area contributed by atoms with Crippen LogP contribution in [-0.4, -0.2) is 6.54 Å². The highest BCUT2D eigenvalue weighted by Crippen LogP contribution is 2.28. The quantitative estimate of drug-likeness (QED) is 0.760. The van der Waals surface area contributed by atoms with E-state index in [1.54, 1.807) is 0 Å². The predicted octanol–water partition coefficient (Wildman–Crippen LogP) is 2.93. The standard InChI is InChI=1S/C10H13N.ClH/c1-2-4-10(5-3-1)11-8-9-6-7-9;/h1-5,9,11H,6-8H2;1H. The number of nitrogens with one attached hydrogen (secondary N) is 1. The lowest BCUT2D eigenvalue weighted by Gasteiger charge is -2.03. The molecule has 1 saturated carbocycles. The predicted molar refractivity (Wildman–Crippen MR) is 54.9 cm³/mol. The third kappa shape index (κ3) is 2.74. The average molecular weight is 184 g/mol. The van der Waals surface area contributed by atoms with Gasteiger partial charge in [0.2, 0.25) is 0 Å². The van der Waals surface area contributed by atoms with Gasteiger partial charge in [0.1, 0.15) is 0 Å². The molecule has 0 atom stereocenters. The first kappa shape index (κ1) is 9.40. The molecule has 0 saturated heterocycles. The number of halogens is 1. The Labute approximate surface area is 79.6 Å². The van der Waals surface area contributed by atoms with E-state index in [0.717, 1.165) is 12.5 Å². The number of hydrogen-bond donors (Lipinski definition) is 1. The largest absolute Gasteiger partial charge is 0.385 e. The smallest absolute Gasteiger partial charge is 0.0340 e. The summed E-state index contributed by atoms with van der Waals surface area (Å²) in [6, 6.07) is 10.4. The minimum Gasteiger partial charge on any atom is -0.385 e. The summed E-state index contributed by atoms with van der Waals surface area (Å²) in [6.45, 7) is 1.16. The van der Waals surface area contributed by atoms with Gasteiger partial charge >= 0.3 is 0 Å². The molecule has 0 heterocycles. The highest BCUT2D eigenvalue weighted by atomic mass is 35.5. The monoisotopic (exact) mass is 183 g/mol. The SMILES string of the molecule is Cl.c1ccc(NCC2CC2)cc1. The number of anilines is 1. The number of para-hydroxylation sites is 1. The van der Waals surface area contributed by atoms with Gasteiger partial charge in [0.05, 0.1) is 0 Å². The zero-order chi connectivity index (χ0) is 7.52. The topological polar surface area (TPSA) is 12.0 Å². The normalized spacial score (nSPS) is 15.0. The van der Waals surface area contributed by atoms with Crippen LogP contribution >= 0.6 is 12.4 Å². The molecule has 1 nitrogen and oxygen atoms in total. The van der Waals surface area contributed by atoms with Crippen LogP contribution in [0.15, 0.2) is 30.3 Å². The van der Waals surface area contributed by atoms with E-state index in [2.05, 4.69) is 29.6 Å². The van der Waals surface area contributed by atoms with Crippen molar-refractivity contribution in [2.24, 2.45) is 5.92 Å². The summed E-state index contributed by atoms with van der Waals surface area (Å²) in [5.41, 5.74) is 1.25. The minimum absolute atomic E-state index is 0. The average Bonchev–Trinajstić information content (AvgIpc) is 2.86. The van der Waals surface area contributed by atoms with Crippen LogP contribution in [0.3, 0.4) is 0 Å². The van der Waals surface area contributed by atoms with Crippen LogP contribution in [0.5, 0.6) is 0 Å². The van der Waals surface area contributed by atoms with Crippen molar-refractivity contribution in [1.82, 2.24) is 0 Å². The molecule has 12 heavy (non-hydrogen) atoms. The summed E-state index contributed by atoms with van der Waals surface area (Å²) >= 11 is 0. The van der Waals surface area contributed by atoms with Crippen molar-refractivity contribution in [2.45, 2.75) is 12.8 Å². The van der Waals surface area contributed by atoms with Crippen molar-refractivity contribution in [3.8, 4) is 0 Å². The fourth-order valence-electron chi connectivity index (χ4n) is 1.14. The molecule has 0 radical (unpaired) electrons. The number of benzene rings is 1. The fraction of sp³-hybridized carbons (Fsp3) is 0.400. The van der Waals surface area contributed by atoms with Crippen molar-refractivity contribution in [3.05, 3.63) is 30.3 Å². The minimum atomic E-state index is 0. The zero-order valence-electron chi connectivity index (χ0n) is 6.99. The van der Waals surface area contributed by atoms with Crippen LogP contribution < -0.4 is 5.32 Å². The second kappa shape index (κ2) is 4.36. The first-order valence-corrected chi connectivity index (χ1v) is 4.24. The van der Waals surface area contributed by atoms with Crippen LogP contribution in [0.2, 0.25) is 0 Å². The highest BCUT2D eigenvalue weighted by Gasteiger charge is 2.20. The third-order valence-electron chi connectivity index (χ3n) is 2.07. The summed E-state index contributed by atoms with van der Waals surface area (Å²) in [6.07, 6.45) is 2.83. The zero-order valence-corrected chi connectivity index (χ0v) is 7.81. The molecule has 1 aliphatic rings. The Balaban J connectivity index is 0.000000720. The van der Waals surface area contributed by atoms with Crippen molar-refractivity contribution < 1.29 is 0 Å². The lowest BCUT2D eigenvalue weighted by molar-refractivity contribution is 0.889. The van der Waals surface area contributed by atoms with Crippen LogP contribution in [0.1, 0.15) is 12.8 Å². The molecule has 1 N–H and O–H groups in total. The maximum atomic E-state index is 3.41. The second-order valence-corrected chi connectivity index (χ2v) is 3.19. The number of hydrogen-bond acceptors (Lipinski definition) is 1. The maximum Gasteiger partial charge on any atom is 0.0340 e. The molecule has 0 aliphatic heterocycles. The molecule has 0 amide bonds. The summed E-state index contributed by atoms with van der Waals surface area (Å²) in [7, 11) is 0. The summed E-state index contributed by atoms with van der Waals surface area (Å²) in [5, 5.41) is 3.41. The fourth-order valence-corrected chi connectivity index (χ4v) is 1.14. The Morgan fingerprint density at radius 3 is 2.42 bits per heavy atom. The summed E-state index contributed by atoms with van der Waals surface area (Å²) in [4.78, 5) is 0. The van der Waals surface area contributed by atoms with E-state index in [0.29, 0.717) is 0 Å². The van der Waals surface area contributed by atoms with Gasteiger partial charge in [-0.15, -0.1) is 12.4 Å². The molecular weight excluding hydrogens is 170 g/mol. The molecule has 0 unspecified atom stereocenters. The highest BCUT2D eigenvalue weighted by molar-refractivity contribution is 5.85. The van der Waals surface area contributed by atoms with Gasteiger partial charge in [0, 0.05) is 12.2 Å².